The van der Waals surface area contributed by atoms with E-state index in [1.54, 1.807) is 27.0 Å². The molecule has 0 unspecified atom stereocenters. The molecule has 1 aliphatic heterocycles. The summed E-state index contributed by atoms with van der Waals surface area (Å²) in [6.45, 7) is 4.65. The van der Waals surface area contributed by atoms with Crippen molar-refractivity contribution in [2.75, 3.05) is 7.11 Å². The quantitative estimate of drug-likeness (QED) is 0.303. The number of para-hydroxylation sites is 1. The highest BCUT2D eigenvalue weighted by molar-refractivity contribution is 5.89. The molecule has 0 radical (unpaired) electrons. The maximum atomic E-state index is 14.1. The summed E-state index contributed by atoms with van der Waals surface area (Å²) in [4.78, 5) is 4.85. The van der Waals surface area contributed by atoms with E-state index in [0.717, 1.165) is 68.7 Å². The van der Waals surface area contributed by atoms with E-state index in [2.05, 4.69) is 28.8 Å². The highest BCUT2D eigenvalue weighted by Crippen LogP contribution is 2.46. The van der Waals surface area contributed by atoms with Crippen molar-refractivity contribution in [3.05, 3.63) is 99.6 Å². The molecule has 3 aromatic carbocycles. The third kappa shape index (κ3) is 4.60. The Kier molecular flexibility index (Phi) is 6.25. The summed E-state index contributed by atoms with van der Waals surface area (Å²) >= 11 is 0. The zero-order valence-corrected chi connectivity index (χ0v) is 22.3. The average Bonchev–Trinajstić information content (AvgIpc) is 3.70. The number of fused-ring (bicyclic) bond motifs is 3. The van der Waals surface area contributed by atoms with Crippen molar-refractivity contribution in [2.24, 2.45) is 5.92 Å². The van der Waals surface area contributed by atoms with E-state index < -0.39 is 5.60 Å². The monoisotopic (exact) mass is 523 g/mol. The van der Waals surface area contributed by atoms with Gasteiger partial charge >= 0.3 is 0 Å². The van der Waals surface area contributed by atoms with Gasteiger partial charge in [0.25, 0.3) is 0 Å². The van der Waals surface area contributed by atoms with Gasteiger partial charge in [-0.3, -0.25) is 0 Å². The lowest BCUT2D eigenvalue weighted by atomic mass is 9.88. The third-order valence-electron chi connectivity index (χ3n) is 7.54. The molecular formula is C32H30FN3O3. The fraction of sp³-hybridized carbons (Fsp3) is 0.312. The Morgan fingerprint density at radius 2 is 1.97 bits per heavy atom. The number of aromatic nitrogens is 2. The standard InChI is InChI=1S/C32H30FN3O3/c1-32(2,37)26-5-4-6-27-31(26)35-29(18-38-3)36(27)16-19-7-11-23-21(13-19)17-39-28-14-22(33)10-12-24(28)30(23)25(15-34)20-8-9-20/h4-7,10-14,20,37H,8-9,16-18H2,1-3H3/b30-25-. The Balaban J connectivity index is 1.46. The van der Waals surface area contributed by atoms with Crippen LogP contribution in [-0.2, 0) is 30.1 Å². The molecule has 39 heavy (non-hydrogen) atoms. The molecule has 0 saturated heterocycles. The van der Waals surface area contributed by atoms with Crippen molar-refractivity contribution in [1.82, 2.24) is 9.55 Å². The van der Waals surface area contributed by atoms with E-state index in [0.29, 0.717) is 18.9 Å². The zero-order chi connectivity index (χ0) is 27.3. The summed E-state index contributed by atoms with van der Waals surface area (Å²) in [5.74, 6) is 1.08. The van der Waals surface area contributed by atoms with E-state index >= 15 is 0 Å². The maximum Gasteiger partial charge on any atom is 0.136 e. The molecule has 4 aromatic rings. The minimum atomic E-state index is -1.04. The predicted molar refractivity (Wildman–Crippen MR) is 146 cm³/mol. The number of hydrogen-bond donors (Lipinski definition) is 1. The maximum absolute atomic E-state index is 14.1. The zero-order valence-electron chi connectivity index (χ0n) is 22.3. The molecule has 1 fully saturated rings. The van der Waals surface area contributed by atoms with Crippen LogP contribution in [0.2, 0.25) is 0 Å². The molecule has 2 heterocycles. The Morgan fingerprint density at radius 1 is 1.18 bits per heavy atom. The second-order valence-corrected chi connectivity index (χ2v) is 10.9. The second-order valence-electron chi connectivity index (χ2n) is 10.9. The average molecular weight is 524 g/mol. The summed E-state index contributed by atoms with van der Waals surface area (Å²) in [6.07, 6.45) is 1.97. The lowest BCUT2D eigenvalue weighted by Crippen LogP contribution is -2.16. The molecule has 1 aliphatic carbocycles. The van der Waals surface area contributed by atoms with Crippen LogP contribution in [0.1, 0.15) is 60.3 Å². The molecule has 0 amide bonds. The van der Waals surface area contributed by atoms with E-state index in [1.807, 2.05) is 18.2 Å². The third-order valence-corrected chi connectivity index (χ3v) is 7.54. The van der Waals surface area contributed by atoms with Gasteiger partial charge in [0.1, 0.15) is 30.6 Å². The lowest BCUT2D eigenvalue weighted by molar-refractivity contribution is 0.0800. The number of rotatable bonds is 6. The summed E-state index contributed by atoms with van der Waals surface area (Å²) < 4.78 is 27.8. The van der Waals surface area contributed by atoms with Gasteiger partial charge in [-0.15, -0.1) is 0 Å². The van der Waals surface area contributed by atoms with Crippen LogP contribution >= 0.6 is 0 Å². The fourth-order valence-corrected chi connectivity index (χ4v) is 5.53. The first-order chi connectivity index (χ1) is 18.8. The molecular weight excluding hydrogens is 493 g/mol. The van der Waals surface area contributed by atoms with Crippen LogP contribution in [-0.4, -0.2) is 21.8 Å². The molecule has 7 heteroatoms. The van der Waals surface area contributed by atoms with Gasteiger partial charge in [-0.25, -0.2) is 9.37 Å². The number of hydrogen-bond acceptors (Lipinski definition) is 5. The van der Waals surface area contributed by atoms with Crippen LogP contribution in [0.15, 0.2) is 60.2 Å². The molecule has 6 nitrogen and oxygen atoms in total. The van der Waals surface area contributed by atoms with Crippen LogP contribution in [0.5, 0.6) is 5.75 Å². The number of imidazole rings is 1. The Hall–Kier alpha value is -3.99. The number of allylic oxidation sites excluding steroid dienone is 1. The number of ether oxygens (including phenoxy) is 2. The van der Waals surface area contributed by atoms with Crippen molar-refractivity contribution < 1.29 is 19.0 Å². The van der Waals surface area contributed by atoms with Crippen molar-refractivity contribution in [2.45, 2.75) is 52.0 Å². The van der Waals surface area contributed by atoms with Crippen molar-refractivity contribution in [3.8, 4) is 11.8 Å². The van der Waals surface area contributed by atoms with Gasteiger partial charge < -0.3 is 19.1 Å². The highest BCUT2D eigenvalue weighted by atomic mass is 19.1. The molecule has 2 aliphatic rings. The highest BCUT2D eigenvalue weighted by Gasteiger charge is 2.32. The van der Waals surface area contributed by atoms with Crippen LogP contribution in [0.4, 0.5) is 4.39 Å². The summed E-state index contributed by atoms with van der Waals surface area (Å²) in [6, 6.07) is 19.1. The Labute approximate surface area is 226 Å². The Bertz CT molecular complexity index is 1670. The molecule has 0 spiro atoms. The SMILES string of the molecule is COCc1nc2c(C(C)(C)O)cccc2n1Cc1ccc2c(c1)COc1cc(F)ccc1/C2=C(/C#N)C1CC1. The lowest BCUT2D eigenvalue weighted by Gasteiger charge is -2.18. The second kappa shape index (κ2) is 9.64. The summed E-state index contributed by atoms with van der Waals surface area (Å²) in [5, 5.41) is 20.9. The van der Waals surface area contributed by atoms with Gasteiger partial charge in [0.2, 0.25) is 0 Å². The number of methoxy groups -OCH3 is 1. The minimum Gasteiger partial charge on any atom is -0.488 e. The van der Waals surface area contributed by atoms with Crippen LogP contribution in [0, 0.1) is 23.1 Å². The number of aliphatic hydroxyl groups is 1. The van der Waals surface area contributed by atoms with Crippen LogP contribution < -0.4 is 4.74 Å². The first kappa shape index (κ1) is 25.3. The molecule has 6 rings (SSSR count). The van der Waals surface area contributed by atoms with Crippen LogP contribution in [0.3, 0.4) is 0 Å². The molecule has 1 saturated carbocycles. The van der Waals surface area contributed by atoms with E-state index in [-0.39, 0.29) is 18.3 Å². The number of nitriles is 1. The molecule has 198 valence electrons. The molecule has 1 aromatic heterocycles. The first-order valence-electron chi connectivity index (χ1n) is 13.2. The number of benzene rings is 3. The van der Waals surface area contributed by atoms with E-state index in [1.165, 1.54) is 12.1 Å². The van der Waals surface area contributed by atoms with Crippen molar-refractivity contribution in [1.29, 1.82) is 5.26 Å². The van der Waals surface area contributed by atoms with Gasteiger partial charge in [0.15, 0.2) is 0 Å². The van der Waals surface area contributed by atoms with E-state index in [9.17, 15) is 14.8 Å². The summed E-state index contributed by atoms with van der Waals surface area (Å²) in [7, 11) is 1.64. The summed E-state index contributed by atoms with van der Waals surface area (Å²) in [5.41, 5.74) is 6.65. The number of halogens is 1. The van der Waals surface area contributed by atoms with Gasteiger partial charge in [-0.2, -0.15) is 5.26 Å². The first-order valence-corrected chi connectivity index (χ1v) is 13.2. The Morgan fingerprint density at radius 3 is 2.69 bits per heavy atom. The van der Waals surface area contributed by atoms with Gasteiger partial charge in [-0.1, -0.05) is 24.3 Å². The predicted octanol–water partition coefficient (Wildman–Crippen LogP) is 6.23. The smallest absolute Gasteiger partial charge is 0.136 e. The van der Waals surface area contributed by atoms with Gasteiger partial charge in [0.05, 0.1) is 22.7 Å². The minimum absolute atomic E-state index is 0.229. The largest absolute Gasteiger partial charge is 0.488 e. The number of nitrogens with zero attached hydrogens (tertiary/aromatic N) is 3. The van der Waals surface area contributed by atoms with Crippen LogP contribution in [0.25, 0.3) is 16.6 Å². The van der Waals surface area contributed by atoms with Gasteiger partial charge in [0, 0.05) is 42.0 Å². The molecule has 0 bridgehead atoms. The molecule has 0 atom stereocenters. The fourth-order valence-electron chi connectivity index (χ4n) is 5.53. The van der Waals surface area contributed by atoms with Crippen molar-refractivity contribution in [3.63, 3.8) is 0 Å². The van der Waals surface area contributed by atoms with Gasteiger partial charge in [-0.05, 0) is 73.6 Å². The normalized spacial score (nSPS) is 16.2. The topological polar surface area (TPSA) is 80.3 Å². The molecule has 1 N–H and O–H groups in total. The van der Waals surface area contributed by atoms with E-state index in [4.69, 9.17) is 14.5 Å². The van der Waals surface area contributed by atoms with Crippen molar-refractivity contribution >= 4 is 16.6 Å².